The maximum Gasteiger partial charge on any atom is 0.276 e. The van der Waals surface area contributed by atoms with Crippen molar-refractivity contribution in [2.75, 3.05) is 10.6 Å². The number of para-hydroxylation sites is 2. The summed E-state index contributed by atoms with van der Waals surface area (Å²) in [5.74, 6) is -0.572. The Morgan fingerprint density at radius 3 is 1.97 bits per heavy atom. The second-order valence-corrected chi connectivity index (χ2v) is 8.10. The number of carbonyl (C=O) groups excluding carboxylic acids is 2. The number of anilines is 2. The fourth-order valence-electron chi connectivity index (χ4n) is 3.54. The van der Waals surface area contributed by atoms with Crippen LogP contribution in [-0.4, -0.2) is 21.6 Å². The van der Waals surface area contributed by atoms with Crippen molar-refractivity contribution >= 4 is 34.0 Å². The molecule has 0 saturated carbocycles. The average Bonchev–Trinajstić information content (AvgIpc) is 2.82. The van der Waals surface area contributed by atoms with Crippen LogP contribution in [0.1, 0.15) is 34.7 Å². The van der Waals surface area contributed by atoms with E-state index in [1.807, 2.05) is 19.9 Å². The highest BCUT2D eigenvalue weighted by atomic mass is 16.2. The van der Waals surface area contributed by atoms with E-state index in [-0.39, 0.29) is 23.1 Å². The quantitative estimate of drug-likeness (QED) is 0.460. The number of hydrogen-bond acceptors (Lipinski definition) is 4. The zero-order chi connectivity index (χ0) is 23.4. The number of benzene rings is 3. The van der Waals surface area contributed by atoms with Gasteiger partial charge in [-0.15, -0.1) is 0 Å². The molecule has 0 aliphatic carbocycles. The Bertz CT molecular complexity index is 1380. The molecule has 0 radical (unpaired) electrons. The molecule has 1 aromatic heterocycles. The lowest BCUT2D eigenvalue weighted by molar-refractivity contribution is 0.101. The summed E-state index contributed by atoms with van der Waals surface area (Å²) in [7, 11) is 0. The van der Waals surface area contributed by atoms with Crippen LogP contribution in [0, 0.1) is 5.92 Å². The van der Waals surface area contributed by atoms with Gasteiger partial charge in [0.15, 0.2) is 5.69 Å². The molecule has 7 nitrogen and oxygen atoms in total. The monoisotopic (exact) mass is 440 g/mol. The van der Waals surface area contributed by atoms with Gasteiger partial charge in [0.1, 0.15) is 0 Å². The number of aromatic nitrogens is 2. The van der Waals surface area contributed by atoms with Crippen molar-refractivity contribution in [3.63, 3.8) is 0 Å². The maximum atomic E-state index is 13.3. The predicted molar refractivity (Wildman–Crippen MR) is 130 cm³/mol. The Morgan fingerprint density at radius 1 is 0.788 bits per heavy atom. The van der Waals surface area contributed by atoms with Crippen LogP contribution in [0.2, 0.25) is 0 Å². The molecule has 0 atom stereocenters. The van der Waals surface area contributed by atoms with Crippen LogP contribution in [0.25, 0.3) is 10.8 Å². The lowest BCUT2D eigenvalue weighted by Gasteiger charge is -2.15. The highest BCUT2D eigenvalue weighted by molar-refractivity contribution is 6.13. The molecular formula is C26H24N4O3. The lowest BCUT2D eigenvalue weighted by Crippen LogP contribution is -2.29. The van der Waals surface area contributed by atoms with Crippen LogP contribution >= 0.6 is 0 Å². The molecule has 2 amide bonds. The molecule has 4 aromatic rings. The van der Waals surface area contributed by atoms with Crippen molar-refractivity contribution in [1.29, 1.82) is 0 Å². The molecule has 0 aliphatic heterocycles. The standard InChI is InChI=1S/C26H24N4O3/c1-17(2)16-30-26(33)20-13-7-6-12-19(20)23(29-30)25(32)28-22-15-9-8-14-21(22)27-24(31)18-10-4-3-5-11-18/h3-15,17H,16H2,1-2H3,(H,27,31)(H,28,32). The minimum Gasteiger partial charge on any atom is -0.320 e. The first-order chi connectivity index (χ1) is 15.9. The molecule has 2 N–H and O–H groups in total. The molecule has 0 spiro atoms. The highest BCUT2D eigenvalue weighted by Crippen LogP contribution is 2.23. The van der Waals surface area contributed by atoms with Crippen molar-refractivity contribution < 1.29 is 9.59 Å². The van der Waals surface area contributed by atoms with Crippen molar-refractivity contribution in [2.45, 2.75) is 20.4 Å². The Balaban J connectivity index is 1.68. The Morgan fingerprint density at radius 2 is 1.33 bits per heavy atom. The topological polar surface area (TPSA) is 93.1 Å². The molecule has 0 fully saturated rings. The second kappa shape index (κ2) is 9.48. The van der Waals surface area contributed by atoms with Crippen LogP contribution in [-0.2, 0) is 6.54 Å². The van der Waals surface area contributed by atoms with Crippen LogP contribution in [0.3, 0.4) is 0 Å². The Kier molecular flexibility index (Phi) is 6.31. The van der Waals surface area contributed by atoms with Gasteiger partial charge >= 0.3 is 0 Å². The highest BCUT2D eigenvalue weighted by Gasteiger charge is 2.19. The van der Waals surface area contributed by atoms with Gasteiger partial charge in [0.25, 0.3) is 17.4 Å². The molecule has 4 rings (SSSR count). The number of fused-ring (bicyclic) bond motifs is 1. The third kappa shape index (κ3) is 4.82. The van der Waals surface area contributed by atoms with E-state index in [1.165, 1.54) is 4.68 Å². The number of amides is 2. The average molecular weight is 441 g/mol. The number of nitrogens with zero attached hydrogens (tertiary/aromatic N) is 2. The molecule has 0 bridgehead atoms. The summed E-state index contributed by atoms with van der Waals surface area (Å²) in [4.78, 5) is 38.7. The van der Waals surface area contributed by atoms with E-state index >= 15 is 0 Å². The third-order valence-electron chi connectivity index (χ3n) is 5.08. The first-order valence-corrected chi connectivity index (χ1v) is 10.7. The molecular weight excluding hydrogens is 416 g/mol. The Hall–Kier alpha value is -4.26. The van der Waals surface area contributed by atoms with Crippen LogP contribution in [0.15, 0.2) is 83.7 Å². The van der Waals surface area contributed by atoms with Gasteiger partial charge in [-0.3, -0.25) is 14.4 Å². The third-order valence-corrected chi connectivity index (χ3v) is 5.08. The normalized spacial score (nSPS) is 10.9. The zero-order valence-corrected chi connectivity index (χ0v) is 18.4. The first-order valence-electron chi connectivity index (χ1n) is 10.7. The fraction of sp³-hybridized carbons (Fsp3) is 0.154. The van der Waals surface area contributed by atoms with E-state index in [1.54, 1.807) is 72.8 Å². The van der Waals surface area contributed by atoms with Crippen LogP contribution < -0.4 is 16.2 Å². The van der Waals surface area contributed by atoms with Crippen molar-refractivity contribution in [1.82, 2.24) is 9.78 Å². The van der Waals surface area contributed by atoms with Gasteiger partial charge in [-0.2, -0.15) is 5.10 Å². The molecule has 1 heterocycles. The number of carbonyl (C=O) groups is 2. The van der Waals surface area contributed by atoms with E-state index < -0.39 is 5.91 Å². The number of nitrogens with one attached hydrogen (secondary N) is 2. The van der Waals surface area contributed by atoms with Gasteiger partial charge in [0, 0.05) is 17.5 Å². The minimum atomic E-state index is -0.467. The van der Waals surface area contributed by atoms with E-state index in [0.717, 1.165) is 0 Å². The molecule has 0 aliphatic rings. The van der Waals surface area contributed by atoms with Gasteiger partial charge in [-0.25, -0.2) is 4.68 Å². The summed E-state index contributed by atoms with van der Waals surface area (Å²) < 4.78 is 1.34. The zero-order valence-electron chi connectivity index (χ0n) is 18.4. The minimum absolute atomic E-state index is 0.148. The SMILES string of the molecule is CC(C)Cn1nc(C(=O)Nc2ccccc2NC(=O)c2ccccc2)c2ccccc2c1=O. The van der Waals surface area contributed by atoms with Gasteiger partial charge in [-0.1, -0.05) is 62.4 Å². The molecule has 33 heavy (non-hydrogen) atoms. The van der Waals surface area contributed by atoms with Gasteiger partial charge in [0.05, 0.1) is 16.8 Å². The predicted octanol–water partition coefficient (Wildman–Crippen LogP) is 4.56. The molecule has 0 unspecified atom stereocenters. The smallest absolute Gasteiger partial charge is 0.276 e. The summed E-state index contributed by atoms with van der Waals surface area (Å²) in [6.07, 6.45) is 0. The maximum absolute atomic E-state index is 13.3. The summed E-state index contributed by atoms with van der Waals surface area (Å²) >= 11 is 0. The van der Waals surface area contributed by atoms with Gasteiger partial charge in [0.2, 0.25) is 0 Å². The van der Waals surface area contributed by atoms with Crippen molar-refractivity contribution in [2.24, 2.45) is 5.92 Å². The summed E-state index contributed by atoms with van der Waals surface area (Å²) in [6.45, 7) is 4.36. The number of hydrogen-bond donors (Lipinski definition) is 2. The van der Waals surface area contributed by atoms with Crippen LogP contribution in [0.4, 0.5) is 11.4 Å². The van der Waals surface area contributed by atoms with Crippen LogP contribution in [0.5, 0.6) is 0 Å². The first kappa shape index (κ1) is 22.0. The second-order valence-electron chi connectivity index (χ2n) is 8.10. The molecule has 166 valence electrons. The molecule has 7 heteroatoms. The summed E-state index contributed by atoms with van der Waals surface area (Å²) in [6, 6.07) is 22.7. The summed E-state index contributed by atoms with van der Waals surface area (Å²) in [5, 5.41) is 11.0. The van der Waals surface area contributed by atoms with Crippen molar-refractivity contribution in [3.05, 3.63) is 100 Å². The van der Waals surface area contributed by atoms with Gasteiger partial charge < -0.3 is 10.6 Å². The van der Waals surface area contributed by atoms with E-state index in [0.29, 0.717) is 34.3 Å². The van der Waals surface area contributed by atoms with E-state index in [9.17, 15) is 14.4 Å². The molecule has 3 aromatic carbocycles. The number of rotatable bonds is 6. The fourth-order valence-corrected chi connectivity index (χ4v) is 3.54. The molecule has 0 saturated heterocycles. The van der Waals surface area contributed by atoms with E-state index in [2.05, 4.69) is 15.7 Å². The largest absolute Gasteiger partial charge is 0.320 e. The van der Waals surface area contributed by atoms with E-state index in [4.69, 9.17) is 0 Å². The Labute approximate surface area is 191 Å². The lowest BCUT2D eigenvalue weighted by atomic mass is 10.1. The summed E-state index contributed by atoms with van der Waals surface area (Å²) in [5.41, 5.74) is 1.31. The van der Waals surface area contributed by atoms with Gasteiger partial charge in [-0.05, 0) is 36.2 Å². The van der Waals surface area contributed by atoms with Crippen molar-refractivity contribution in [3.8, 4) is 0 Å².